The van der Waals surface area contributed by atoms with Crippen LogP contribution < -0.4 is 5.73 Å². The maximum Gasteiger partial charge on any atom is 0.414 e. The lowest BCUT2D eigenvalue weighted by molar-refractivity contribution is -0.159. The second kappa shape index (κ2) is 9.46. The molecule has 1 heterocycles. The summed E-state index contributed by atoms with van der Waals surface area (Å²) < 4.78 is 5.26. The molecule has 0 aliphatic carbocycles. The van der Waals surface area contributed by atoms with Gasteiger partial charge in [-0.1, -0.05) is 47.1 Å². The highest BCUT2D eigenvalue weighted by molar-refractivity contribution is 6.30. The molecule has 1 aromatic heterocycles. The molecule has 3 rings (SSSR count). The van der Waals surface area contributed by atoms with E-state index in [0.29, 0.717) is 23.2 Å². The molecule has 8 nitrogen and oxygen atoms in total. The number of halogens is 1. The van der Waals surface area contributed by atoms with E-state index in [2.05, 4.69) is 10.1 Å². The number of carboxylic acid groups (broad SMARTS) is 2. The van der Waals surface area contributed by atoms with Gasteiger partial charge < -0.3 is 20.5 Å². The topological polar surface area (TPSA) is 140 Å². The van der Waals surface area contributed by atoms with Gasteiger partial charge in [-0.25, -0.2) is 9.59 Å². The Labute approximate surface area is 159 Å². The zero-order valence-electron chi connectivity index (χ0n) is 13.9. The predicted octanol–water partition coefficient (Wildman–Crippen LogP) is 2.79. The Morgan fingerprint density at radius 3 is 2.19 bits per heavy atom. The second-order valence-corrected chi connectivity index (χ2v) is 5.81. The van der Waals surface area contributed by atoms with Crippen LogP contribution in [-0.4, -0.2) is 32.3 Å². The lowest BCUT2D eigenvalue weighted by atomic mass is 10.1. The zero-order chi connectivity index (χ0) is 19.8. The summed E-state index contributed by atoms with van der Waals surface area (Å²) in [5, 5.41) is 19.4. The Morgan fingerprint density at radius 2 is 1.63 bits per heavy atom. The van der Waals surface area contributed by atoms with Crippen molar-refractivity contribution in [3.63, 3.8) is 0 Å². The van der Waals surface area contributed by atoms with Gasteiger partial charge in [0.05, 0.1) is 6.04 Å². The predicted molar refractivity (Wildman–Crippen MR) is 97.1 cm³/mol. The van der Waals surface area contributed by atoms with Gasteiger partial charge in [0.2, 0.25) is 11.7 Å². The number of nitrogens with two attached hydrogens (primary N) is 1. The van der Waals surface area contributed by atoms with E-state index in [-0.39, 0.29) is 6.04 Å². The first-order chi connectivity index (χ1) is 12.9. The third kappa shape index (κ3) is 6.21. The van der Waals surface area contributed by atoms with Gasteiger partial charge in [0.1, 0.15) is 0 Å². The number of rotatable bonds is 4. The van der Waals surface area contributed by atoms with Crippen LogP contribution in [0, 0.1) is 0 Å². The average Bonchev–Trinajstić information content (AvgIpc) is 3.14. The van der Waals surface area contributed by atoms with E-state index in [1.165, 1.54) is 0 Å². The van der Waals surface area contributed by atoms with E-state index in [4.69, 9.17) is 41.7 Å². The number of hydrogen-bond donors (Lipinski definition) is 3. The second-order valence-electron chi connectivity index (χ2n) is 5.37. The fourth-order valence-corrected chi connectivity index (χ4v) is 2.18. The number of benzene rings is 2. The normalized spacial score (nSPS) is 11.2. The SMILES string of the molecule is NC(Cc1ccccc1)c1nc(-c2ccc(Cl)cc2)no1.O=C(O)C(=O)O. The van der Waals surface area contributed by atoms with E-state index in [9.17, 15) is 0 Å². The maximum absolute atomic E-state index is 9.10. The number of carboxylic acids is 2. The number of nitrogens with zero attached hydrogens (tertiary/aromatic N) is 2. The van der Waals surface area contributed by atoms with Crippen molar-refractivity contribution in [3.05, 3.63) is 71.1 Å². The fraction of sp³-hybridized carbons (Fsp3) is 0.111. The van der Waals surface area contributed by atoms with Crippen molar-refractivity contribution < 1.29 is 24.3 Å². The molecule has 2 aromatic carbocycles. The third-order valence-electron chi connectivity index (χ3n) is 3.34. The van der Waals surface area contributed by atoms with Crippen molar-refractivity contribution in [1.82, 2.24) is 10.1 Å². The van der Waals surface area contributed by atoms with Crippen molar-refractivity contribution in [2.24, 2.45) is 5.73 Å². The minimum Gasteiger partial charge on any atom is -0.473 e. The Hall–Kier alpha value is -3.23. The van der Waals surface area contributed by atoms with Crippen molar-refractivity contribution in [2.75, 3.05) is 0 Å². The number of aliphatic carboxylic acids is 2. The third-order valence-corrected chi connectivity index (χ3v) is 3.59. The van der Waals surface area contributed by atoms with Crippen LogP contribution in [0.15, 0.2) is 59.1 Å². The van der Waals surface area contributed by atoms with Crippen LogP contribution in [-0.2, 0) is 16.0 Å². The molecule has 0 amide bonds. The molecule has 27 heavy (non-hydrogen) atoms. The van der Waals surface area contributed by atoms with E-state index in [1.807, 2.05) is 42.5 Å². The molecule has 4 N–H and O–H groups in total. The van der Waals surface area contributed by atoms with Crippen LogP contribution in [0.2, 0.25) is 5.02 Å². The number of carbonyl (C=O) groups is 2. The monoisotopic (exact) mass is 389 g/mol. The Bertz CT molecular complexity index is 885. The summed E-state index contributed by atoms with van der Waals surface area (Å²) in [7, 11) is 0. The van der Waals surface area contributed by atoms with Gasteiger partial charge in [-0.15, -0.1) is 0 Å². The highest BCUT2D eigenvalue weighted by Crippen LogP contribution is 2.21. The van der Waals surface area contributed by atoms with Crippen LogP contribution in [0.4, 0.5) is 0 Å². The molecular formula is C18H16ClN3O5. The number of aromatic nitrogens is 2. The Kier molecular flexibility index (Phi) is 7.04. The highest BCUT2D eigenvalue weighted by Gasteiger charge is 2.16. The van der Waals surface area contributed by atoms with Gasteiger partial charge in [-0.05, 0) is 36.2 Å². The van der Waals surface area contributed by atoms with E-state index in [1.54, 1.807) is 12.1 Å². The van der Waals surface area contributed by atoms with Crippen molar-refractivity contribution >= 4 is 23.5 Å². The summed E-state index contributed by atoms with van der Waals surface area (Å²) >= 11 is 5.86. The highest BCUT2D eigenvalue weighted by atomic mass is 35.5. The Morgan fingerprint density at radius 1 is 1.04 bits per heavy atom. The molecule has 0 bridgehead atoms. The van der Waals surface area contributed by atoms with E-state index < -0.39 is 11.9 Å². The van der Waals surface area contributed by atoms with Crippen LogP contribution in [0.5, 0.6) is 0 Å². The summed E-state index contributed by atoms with van der Waals surface area (Å²) in [4.78, 5) is 22.6. The lowest BCUT2D eigenvalue weighted by Gasteiger charge is -2.05. The van der Waals surface area contributed by atoms with Crippen LogP contribution in [0.1, 0.15) is 17.5 Å². The average molecular weight is 390 g/mol. The molecule has 0 spiro atoms. The minimum absolute atomic E-state index is 0.319. The maximum atomic E-state index is 9.10. The van der Waals surface area contributed by atoms with Crippen molar-refractivity contribution in [3.8, 4) is 11.4 Å². The standard InChI is InChI=1S/C16H14ClN3O.C2H2O4/c17-13-8-6-12(7-9-13)15-19-16(21-20-15)14(18)10-11-4-2-1-3-5-11;3-1(4)2(5)6/h1-9,14H,10,18H2;(H,3,4)(H,5,6). The van der Waals surface area contributed by atoms with Gasteiger partial charge in [0, 0.05) is 10.6 Å². The van der Waals surface area contributed by atoms with Crippen molar-refractivity contribution in [2.45, 2.75) is 12.5 Å². The molecule has 3 aromatic rings. The minimum atomic E-state index is -1.82. The summed E-state index contributed by atoms with van der Waals surface area (Å²) in [5.74, 6) is -2.70. The summed E-state index contributed by atoms with van der Waals surface area (Å²) in [6, 6.07) is 16.9. The van der Waals surface area contributed by atoms with Gasteiger partial charge >= 0.3 is 11.9 Å². The largest absolute Gasteiger partial charge is 0.473 e. The van der Waals surface area contributed by atoms with E-state index in [0.717, 1.165) is 11.1 Å². The molecule has 0 aliphatic heterocycles. The molecule has 0 radical (unpaired) electrons. The van der Waals surface area contributed by atoms with Crippen LogP contribution in [0.3, 0.4) is 0 Å². The van der Waals surface area contributed by atoms with E-state index >= 15 is 0 Å². The molecule has 0 aliphatic rings. The van der Waals surface area contributed by atoms with Gasteiger partial charge in [0.25, 0.3) is 0 Å². The first kappa shape index (κ1) is 20.1. The zero-order valence-corrected chi connectivity index (χ0v) is 14.7. The first-order valence-corrected chi connectivity index (χ1v) is 8.10. The molecule has 9 heteroatoms. The molecular weight excluding hydrogens is 374 g/mol. The molecule has 1 atom stereocenters. The smallest absolute Gasteiger partial charge is 0.414 e. The molecule has 1 unspecified atom stereocenters. The van der Waals surface area contributed by atoms with Crippen LogP contribution in [0.25, 0.3) is 11.4 Å². The van der Waals surface area contributed by atoms with Crippen LogP contribution >= 0.6 is 11.6 Å². The molecule has 140 valence electrons. The number of hydrogen-bond acceptors (Lipinski definition) is 6. The van der Waals surface area contributed by atoms with Gasteiger partial charge in [0.15, 0.2) is 0 Å². The first-order valence-electron chi connectivity index (χ1n) is 7.72. The fourth-order valence-electron chi connectivity index (χ4n) is 2.06. The van der Waals surface area contributed by atoms with Crippen molar-refractivity contribution in [1.29, 1.82) is 0 Å². The molecule has 0 saturated heterocycles. The summed E-state index contributed by atoms with van der Waals surface area (Å²) in [6.07, 6.45) is 0.656. The van der Waals surface area contributed by atoms with Gasteiger partial charge in [-0.3, -0.25) is 0 Å². The molecule has 0 fully saturated rings. The molecule has 0 saturated carbocycles. The van der Waals surface area contributed by atoms with Gasteiger partial charge in [-0.2, -0.15) is 4.98 Å². The summed E-state index contributed by atoms with van der Waals surface area (Å²) in [6.45, 7) is 0. The quantitative estimate of drug-likeness (QED) is 0.578. The Balaban J connectivity index is 0.000000380. The summed E-state index contributed by atoms with van der Waals surface area (Å²) in [5.41, 5.74) is 8.11. The lowest BCUT2D eigenvalue weighted by Crippen LogP contribution is -2.13.